The van der Waals surface area contributed by atoms with Gasteiger partial charge in [-0.15, -0.1) is 5.10 Å². The lowest BCUT2D eigenvalue weighted by Crippen LogP contribution is -2.38. The van der Waals surface area contributed by atoms with Crippen LogP contribution in [0.2, 0.25) is 0 Å². The molecule has 0 unspecified atom stereocenters. The summed E-state index contributed by atoms with van der Waals surface area (Å²) in [5.41, 5.74) is 0.139. The van der Waals surface area contributed by atoms with Crippen LogP contribution in [0, 0.1) is 0 Å². The third-order valence-electron chi connectivity index (χ3n) is 3.86. The third kappa shape index (κ3) is 3.76. The molecule has 3 aromatic rings. The average molecular weight is 372 g/mol. The Bertz CT molecular complexity index is 1140. The molecule has 0 fully saturated rings. The molecule has 1 amide bonds. The topological polar surface area (TPSA) is 130 Å². The number of nitrogens with zero attached hydrogens (tertiary/aromatic N) is 5. The number of fused-ring (bicyclic) bond motifs is 1. The van der Waals surface area contributed by atoms with E-state index in [0.29, 0.717) is 11.0 Å². The van der Waals surface area contributed by atoms with Crippen LogP contribution in [0.1, 0.15) is 0 Å². The molecule has 11 heteroatoms. The minimum Gasteiger partial charge on any atom is -0.454 e. The zero-order chi connectivity index (χ0) is 19.6. The number of hydrogen-bond acceptors (Lipinski definition) is 7. The fraction of sp³-hybridized carbons (Fsp3) is 0.250. The van der Waals surface area contributed by atoms with E-state index in [1.54, 1.807) is 24.3 Å². The summed E-state index contributed by atoms with van der Waals surface area (Å²) in [5.74, 6) is -1.36. The second kappa shape index (κ2) is 7.23. The number of ether oxygens (including phenoxy) is 1. The second-order valence-corrected chi connectivity index (χ2v) is 5.71. The number of benzene rings is 1. The highest BCUT2D eigenvalue weighted by molar-refractivity contribution is 5.92. The number of nitrogens with one attached hydrogen (secondary N) is 1. The lowest BCUT2D eigenvalue weighted by molar-refractivity contribution is -0.148. The number of esters is 1. The van der Waals surface area contributed by atoms with E-state index >= 15 is 0 Å². The van der Waals surface area contributed by atoms with Crippen LogP contribution in [0.15, 0.2) is 39.9 Å². The number of amides is 1. The lowest BCUT2D eigenvalue weighted by atomic mass is 10.3. The summed E-state index contributed by atoms with van der Waals surface area (Å²) in [4.78, 5) is 47.3. The first-order valence-electron chi connectivity index (χ1n) is 7.87. The van der Waals surface area contributed by atoms with Gasteiger partial charge in [-0.25, -0.2) is 9.48 Å². The van der Waals surface area contributed by atoms with E-state index < -0.39 is 29.7 Å². The molecule has 1 aromatic carbocycles. The van der Waals surface area contributed by atoms with Crippen molar-refractivity contribution < 1.29 is 14.3 Å². The zero-order valence-electron chi connectivity index (χ0n) is 14.6. The lowest BCUT2D eigenvalue weighted by Gasteiger charge is -2.11. The van der Waals surface area contributed by atoms with Gasteiger partial charge >= 0.3 is 11.7 Å². The molecule has 3 rings (SSSR count). The molecule has 0 aliphatic rings. The molecule has 2 aromatic heterocycles. The second-order valence-electron chi connectivity index (χ2n) is 5.71. The summed E-state index contributed by atoms with van der Waals surface area (Å²) >= 11 is 0. The molecule has 11 nitrogen and oxygen atoms in total. The Balaban J connectivity index is 1.60. The number of anilines is 1. The van der Waals surface area contributed by atoms with E-state index in [1.807, 2.05) is 0 Å². The van der Waals surface area contributed by atoms with Crippen molar-refractivity contribution >= 4 is 28.7 Å². The van der Waals surface area contributed by atoms with E-state index in [0.717, 1.165) is 15.2 Å². The Kier molecular flexibility index (Phi) is 4.83. The number of para-hydroxylation sites is 1. The van der Waals surface area contributed by atoms with E-state index in [-0.39, 0.29) is 12.4 Å². The summed E-state index contributed by atoms with van der Waals surface area (Å²) in [5, 5.41) is 10.1. The molecule has 0 aliphatic carbocycles. The van der Waals surface area contributed by atoms with Gasteiger partial charge in [0.25, 0.3) is 11.5 Å². The molecule has 0 saturated carbocycles. The van der Waals surface area contributed by atoms with Gasteiger partial charge in [0.05, 0.1) is 5.52 Å². The number of carbonyl (C=O) groups is 2. The minimum atomic E-state index is -0.685. The molecule has 27 heavy (non-hydrogen) atoms. The number of carbonyl (C=O) groups excluding carboxylic acids is 2. The third-order valence-corrected chi connectivity index (χ3v) is 3.86. The standard InChI is InChI=1S/C16H16N6O5/c1-20-12(7-14(24)21(2)16(20)26)17-13(23)9-27-15(25)8-22-11-6-4-3-5-10(11)18-19-22/h3-7H,8-9H2,1-2H3,(H,17,23). The van der Waals surface area contributed by atoms with Gasteiger partial charge in [-0.1, -0.05) is 17.3 Å². The number of rotatable bonds is 5. The Hall–Kier alpha value is -3.76. The van der Waals surface area contributed by atoms with Crippen molar-refractivity contribution in [1.29, 1.82) is 0 Å². The molecule has 1 N–H and O–H groups in total. The highest BCUT2D eigenvalue weighted by atomic mass is 16.5. The van der Waals surface area contributed by atoms with E-state index in [4.69, 9.17) is 4.74 Å². The first-order chi connectivity index (χ1) is 12.9. The van der Waals surface area contributed by atoms with Crippen LogP contribution in [0.3, 0.4) is 0 Å². The van der Waals surface area contributed by atoms with Gasteiger partial charge in [0, 0.05) is 20.2 Å². The molecule has 0 saturated heterocycles. The van der Waals surface area contributed by atoms with Crippen molar-refractivity contribution in [1.82, 2.24) is 24.1 Å². The maximum atomic E-state index is 11.9. The van der Waals surface area contributed by atoms with Crippen LogP contribution in [0.4, 0.5) is 5.82 Å². The van der Waals surface area contributed by atoms with Gasteiger partial charge in [0.2, 0.25) is 0 Å². The molecule has 0 atom stereocenters. The molecule has 2 heterocycles. The zero-order valence-corrected chi connectivity index (χ0v) is 14.6. The molecule has 0 aliphatic heterocycles. The van der Waals surface area contributed by atoms with Gasteiger partial charge in [-0.05, 0) is 12.1 Å². The largest absolute Gasteiger partial charge is 0.454 e. The van der Waals surface area contributed by atoms with Crippen molar-refractivity contribution in [2.24, 2.45) is 14.1 Å². The summed E-state index contributed by atoms with van der Waals surface area (Å²) in [6.07, 6.45) is 0. The first kappa shape index (κ1) is 18.0. The minimum absolute atomic E-state index is 0.00594. The van der Waals surface area contributed by atoms with Crippen LogP contribution < -0.4 is 16.6 Å². The Morgan fingerprint density at radius 1 is 1.15 bits per heavy atom. The van der Waals surface area contributed by atoms with Crippen molar-refractivity contribution in [3.05, 3.63) is 51.2 Å². The van der Waals surface area contributed by atoms with Crippen LogP contribution in [0.5, 0.6) is 0 Å². The average Bonchev–Trinajstić information content (AvgIpc) is 3.06. The van der Waals surface area contributed by atoms with Gasteiger partial charge < -0.3 is 10.1 Å². The Morgan fingerprint density at radius 3 is 2.67 bits per heavy atom. The van der Waals surface area contributed by atoms with Gasteiger partial charge in [-0.3, -0.25) is 23.5 Å². The highest BCUT2D eigenvalue weighted by Gasteiger charge is 2.13. The fourth-order valence-corrected chi connectivity index (χ4v) is 2.38. The van der Waals surface area contributed by atoms with Gasteiger partial charge in [-0.2, -0.15) is 0 Å². The van der Waals surface area contributed by atoms with Crippen molar-refractivity contribution in [2.45, 2.75) is 6.54 Å². The highest BCUT2D eigenvalue weighted by Crippen LogP contribution is 2.09. The van der Waals surface area contributed by atoms with Crippen molar-refractivity contribution in [3.8, 4) is 0 Å². The monoisotopic (exact) mass is 372 g/mol. The van der Waals surface area contributed by atoms with E-state index in [1.165, 1.54) is 18.8 Å². The SMILES string of the molecule is Cn1c(NC(=O)COC(=O)Cn2nnc3ccccc32)cc(=O)n(C)c1=O. The smallest absolute Gasteiger partial charge is 0.332 e. The molecule has 0 spiro atoms. The Labute approximate surface area is 151 Å². The summed E-state index contributed by atoms with van der Waals surface area (Å²) in [7, 11) is 2.73. The van der Waals surface area contributed by atoms with Crippen LogP contribution in [0.25, 0.3) is 11.0 Å². The molecule has 0 radical (unpaired) electrons. The van der Waals surface area contributed by atoms with E-state index in [9.17, 15) is 19.2 Å². The summed E-state index contributed by atoms with van der Waals surface area (Å²) in [6, 6.07) is 8.20. The van der Waals surface area contributed by atoms with Crippen LogP contribution >= 0.6 is 0 Å². The summed E-state index contributed by atoms with van der Waals surface area (Å²) < 4.78 is 8.27. The van der Waals surface area contributed by atoms with Gasteiger partial charge in [0.15, 0.2) is 6.61 Å². The van der Waals surface area contributed by atoms with Crippen LogP contribution in [-0.4, -0.2) is 42.6 Å². The normalized spacial score (nSPS) is 10.7. The molecular formula is C16H16N6O5. The summed E-state index contributed by atoms with van der Waals surface area (Å²) in [6.45, 7) is -0.785. The van der Waals surface area contributed by atoms with Crippen LogP contribution in [-0.2, 0) is 35.0 Å². The fourth-order valence-electron chi connectivity index (χ4n) is 2.38. The molecule has 140 valence electrons. The maximum absolute atomic E-state index is 11.9. The number of aromatic nitrogens is 5. The number of hydrogen-bond donors (Lipinski definition) is 1. The predicted molar refractivity (Wildman–Crippen MR) is 94.0 cm³/mol. The van der Waals surface area contributed by atoms with E-state index in [2.05, 4.69) is 15.6 Å². The molecular weight excluding hydrogens is 356 g/mol. The Morgan fingerprint density at radius 2 is 1.89 bits per heavy atom. The van der Waals surface area contributed by atoms with Gasteiger partial charge in [0.1, 0.15) is 17.9 Å². The predicted octanol–water partition coefficient (Wildman–Crippen LogP) is -0.989. The van der Waals surface area contributed by atoms with Crippen molar-refractivity contribution in [3.63, 3.8) is 0 Å². The maximum Gasteiger partial charge on any atom is 0.332 e. The molecule has 0 bridgehead atoms. The van der Waals surface area contributed by atoms with Crippen molar-refractivity contribution in [2.75, 3.05) is 11.9 Å². The first-order valence-corrected chi connectivity index (χ1v) is 7.87. The quantitative estimate of drug-likeness (QED) is 0.569.